The van der Waals surface area contributed by atoms with E-state index in [0.29, 0.717) is 28.9 Å². The van der Waals surface area contributed by atoms with Gasteiger partial charge in [0.15, 0.2) is 23.1 Å². The van der Waals surface area contributed by atoms with Crippen LogP contribution in [0, 0.1) is 0 Å². The molecule has 0 saturated carbocycles. The van der Waals surface area contributed by atoms with E-state index in [1.54, 1.807) is 0 Å². The molecule has 0 aliphatic carbocycles. The Kier molecular flexibility index (Phi) is 8.04. The van der Waals surface area contributed by atoms with Gasteiger partial charge >= 0.3 is 0 Å². The summed E-state index contributed by atoms with van der Waals surface area (Å²) in [6.45, 7) is 0. The molecule has 0 bridgehead atoms. The largest absolute Gasteiger partial charge is 0.456 e. The second kappa shape index (κ2) is 14.0. The van der Waals surface area contributed by atoms with Gasteiger partial charge in [0, 0.05) is 33.0 Å². The van der Waals surface area contributed by atoms with E-state index in [0.717, 1.165) is 77.5 Å². The number of hydrogen-bond donors (Lipinski definition) is 0. The zero-order chi connectivity index (χ0) is 38.4. The first kappa shape index (κ1) is 33.4. The zero-order valence-electron chi connectivity index (χ0n) is 31.1. The minimum Gasteiger partial charge on any atom is -0.456 e. The highest BCUT2D eigenvalue weighted by molar-refractivity contribution is 6.13. The SMILES string of the molecule is c1ccc(-c2cccc(-c3ccccc3-c3nc4ccc(-c5cccc6oc7cc(-c8nc(-c9ccccc9)nc(-c9ccccc9)n8)ccc7c56)cc4o3)c2)cc1. The van der Waals surface area contributed by atoms with Crippen molar-refractivity contribution in [3.8, 4) is 79.0 Å². The van der Waals surface area contributed by atoms with Crippen molar-refractivity contribution in [2.45, 2.75) is 0 Å². The van der Waals surface area contributed by atoms with E-state index in [4.69, 9.17) is 28.8 Å². The Morgan fingerprint density at radius 3 is 1.55 bits per heavy atom. The van der Waals surface area contributed by atoms with Crippen molar-refractivity contribution in [2.24, 2.45) is 0 Å². The predicted molar refractivity (Wildman–Crippen MR) is 233 cm³/mol. The summed E-state index contributed by atoms with van der Waals surface area (Å²) in [6, 6.07) is 65.9. The lowest BCUT2D eigenvalue weighted by atomic mass is 9.96. The van der Waals surface area contributed by atoms with Crippen LogP contribution in [-0.4, -0.2) is 19.9 Å². The van der Waals surface area contributed by atoms with Crippen molar-refractivity contribution in [2.75, 3.05) is 0 Å². The van der Waals surface area contributed by atoms with Crippen LogP contribution in [0.25, 0.3) is 112 Å². The molecule has 6 nitrogen and oxygen atoms in total. The number of oxazole rings is 1. The molecule has 3 aromatic heterocycles. The number of rotatable bonds is 7. The molecule has 6 heteroatoms. The van der Waals surface area contributed by atoms with Crippen LogP contribution in [0.5, 0.6) is 0 Å². The van der Waals surface area contributed by atoms with Gasteiger partial charge in [-0.15, -0.1) is 0 Å². The van der Waals surface area contributed by atoms with Crippen LogP contribution in [0.4, 0.5) is 0 Å². The number of nitrogens with zero attached hydrogens (tertiary/aromatic N) is 4. The van der Waals surface area contributed by atoms with E-state index in [2.05, 4.69) is 97.1 Å². The third-order valence-electron chi connectivity index (χ3n) is 10.6. The molecule has 0 aliphatic rings. The van der Waals surface area contributed by atoms with E-state index < -0.39 is 0 Å². The predicted octanol–water partition coefficient (Wildman–Crippen LogP) is 13.6. The van der Waals surface area contributed by atoms with E-state index >= 15 is 0 Å². The Labute approximate surface area is 333 Å². The lowest BCUT2D eigenvalue weighted by Gasteiger charge is -2.09. The lowest BCUT2D eigenvalue weighted by molar-refractivity contribution is 0.620. The van der Waals surface area contributed by atoms with Gasteiger partial charge in [-0.3, -0.25) is 0 Å². The molecule has 272 valence electrons. The molecular weight excluding hydrogens is 713 g/mol. The molecule has 11 aromatic rings. The van der Waals surface area contributed by atoms with Crippen LogP contribution in [-0.2, 0) is 0 Å². The summed E-state index contributed by atoms with van der Waals surface area (Å²) in [5.74, 6) is 2.38. The Hall–Kier alpha value is -7.96. The highest BCUT2D eigenvalue weighted by atomic mass is 16.3. The van der Waals surface area contributed by atoms with Gasteiger partial charge < -0.3 is 8.83 Å². The number of hydrogen-bond acceptors (Lipinski definition) is 6. The average molecular weight is 745 g/mol. The maximum absolute atomic E-state index is 6.57. The number of aromatic nitrogens is 4. The minimum absolute atomic E-state index is 0.576. The topological polar surface area (TPSA) is 77.8 Å². The molecular formula is C52H32N4O2. The molecule has 0 saturated heterocycles. The first-order chi connectivity index (χ1) is 28.7. The third kappa shape index (κ3) is 6.01. The van der Waals surface area contributed by atoms with E-state index in [9.17, 15) is 0 Å². The summed E-state index contributed by atoms with van der Waals surface area (Å²) in [5, 5.41) is 2.03. The van der Waals surface area contributed by atoms with E-state index in [1.165, 1.54) is 5.56 Å². The van der Waals surface area contributed by atoms with Gasteiger partial charge in [-0.25, -0.2) is 19.9 Å². The first-order valence-corrected chi connectivity index (χ1v) is 19.2. The monoisotopic (exact) mass is 744 g/mol. The normalized spacial score (nSPS) is 11.4. The summed E-state index contributed by atoms with van der Waals surface area (Å²) in [5.41, 5.74) is 13.2. The van der Waals surface area contributed by atoms with Crippen molar-refractivity contribution < 1.29 is 8.83 Å². The van der Waals surface area contributed by atoms with Crippen molar-refractivity contribution in [3.63, 3.8) is 0 Å². The molecule has 0 atom stereocenters. The Morgan fingerprint density at radius 2 is 0.828 bits per heavy atom. The van der Waals surface area contributed by atoms with Crippen molar-refractivity contribution in [1.82, 2.24) is 19.9 Å². The van der Waals surface area contributed by atoms with Crippen LogP contribution in [0.2, 0.25) is 0 Å². The van der Waals surface area contributed by atoms with Gasteiger partial charge in [0.05, 0.1) is 0 Å². The molecule has 0 radical (unpaired) electrons. The number of fused-ring (bicyclic) bond motifs is 4. The summed E-state index contributed by atoms with van der Waals surface area (Å²) in [6.07, 6.45) is 0. The maximum atomic E-state index is 6.57. The fraction of sp³-hybridized carbons (Fsp3) is 0. The van der Waals surface area contributed by atoms with Gasteiger partial charge in [-0.05, 0) is 75.8 Å². The minimum atomic E-state index is 0.576. The molecule has 0 fully saturated rings. The number of furan rings is 1. The average Bonchev–Trinajstić information content (AvgIpc) is 3.91. The molecule has 3 heterocycles. The summed E-state index contributed by atoms with van der Waals surface area (Å²) in [4.78, 5) is 19.7. The highest BCUT2D eigenvalue weighted by Crippen LogP contribution is 2.40. The molecule has 0 aliphatic heterocycles. The smallest absolute Gasteiger partial charge is 0.227 e. The van der Waals surface area contributed by atoms with E-state index in [1.807, 2.05) is 97.1 Å². The molecule has 58 heavy (non-hydrogen) atoms. The molecule has 8 aromatic carbocycles. The van der Waals surface area contributed by atoms with Gasteiger partial charge in [0.1, 0.15) is 16.7 Å². The molecule has 0 spiro atoms. The molecule has 0 N–H and O–H groups in total. The molecule has 0 amide bonds. The second-order valence-electron chi connectivity index (χ2n) is 14.2. The van der Waals surface area contributed by atoms with Crippen LogP contribution in [0.15, 0.2) is 203 Å². The van der Waals surface area contributed by atoms with Gasteiger partial charge in [-0.2, -0.15) is 0 Å². The fourth-order valence-corrected chi connectivity index (χ4v) is 7.77. The Morgan fingerprint density at radius 1 is 0.293 bits per heavy atom. The van der Waals surface area contributed by atoms with Gasteiger partial charge in [0.2, 0.25) is 5.89 Å². The Balaban J connectivity index is 0.972. The van der Waals surface area contributed by atoms with Crippen molar-refractivity contribution >= 4 is 33.0 Å². The highest BCUT2D eigenvalue weighted by Gasteiger charge is 2.19. The third-order valence-corrected chi connectivity index (χ3v) is 10.6. The van der Waals surface area contributed by atoms with Gasteiger partial charge in [-0.1, -0.05) is 152 Å². The zero-order valence-corrected chi connectivity index (χ0v) is 31.1. The standard InChI is InChI=1S/C52H32N4O2/c1-4-14-33(15-5-1)36-20-12-21-37(30-36)40-22-10-11-23-42(40)52-53-44-29-27-38(31-47(44)58-52)41-24-13-25-45-48(41)43-28-26-39(32-46(43)57-45)51-55-49(34-16-6-2-7-17-34)54-50(56-51)35-18-8-3-9-19-35/h1-32H. The van der Waals surface area contributed by atoms with Crippen LogP contribution >= 0.6 is 0 Å². The van der Waals surface area contributed by atoms with Crippen LogP contribution in [0.1, 0.15) is 0 Å². The Bertz CT molecular complexity index is 3220. The first-order valence-electron chi connectivity index (χ1n) is 19.2. The molecule has 11 rings (SSSR count). The van der Waals surface area contributed by atoms with E-state index in [-0.39, 0.29) is 0 Å². The van der Waals surface area contributed by atoms with Crippen LogP contribution in [0.3, 0.4) is 0 Å². The summed E-state index contributed by atoms with van der Waals surface area (Å²) >= 11 is 0. The van der Waals surface area contributed by atoms with Crippen molar-refractivity contribution in [3.05, 3.63) is 194 Å². The van der Waals surface area contributed by atoms with Gasteiger partial charge in [0.25, 0.3) is 0 Å². The number of benzene rings is 8. The summed E-state index contributed by atoms with van der Waals surface area (Å²) < 4.78 is 13.1. The second-order valence-corrected chi connectivity index (χ2v) is 14.2. The van der Waals surface area contributed by atoms with Crippen molar-refractivity contribution in [1.29, 1.82) is 0 Å². The molecule has 0 unspecified atom stereocenters. The quantitative estimate of drug-likeness (QED) is 0.162. The fourth-order valence-electron chi connectivity index (χ4n) is 7.77. The summed E-state index contributed by atoms with van der Waals surface area (Å²) in [7, 11) is 0. The maximum Gasteiger partial charge on any atom is 0.227 e. The van der Waals surface area contributed by atoms with Crippen LogP contribution < -0.4 is 0 Å². The lowest BCUT2D eigenvalue weighted by Crippen LogP contribution is -2.00.